The summed E-state index contributed by atoms with van der Waals surface area (Å²) < 4.78 is 2.27. The van der Waals surface area contributed by atoms with Crippen LogP contribution in [0.25, 0.3) is 11.0 Å². The lowest BCUT2D eigenvalue weighted by atomic mass is 10.1. The predicted molar refractivity (Wildman–Crippen MR) is 88.7 cm³/mol. The van der Waals surface area contributed by atoms with E-state index >= 15 is 0 Å². The molecule has 0 aliphatic rings. The van der Waals surface area contributed by atoms with Crippen molar-refractivity contribution in [2.45, 2.75) is 26.3 Å². The van der Waals surface area contributed by atoms with Crippen molar-refractivity contribution in [2.75, 3.05) is 5.73 Å². The van der Waals surface area contributed by atoms with Crippen molar-refractivity contribution < 1.29 is 0 Å². The Balaban J connectivity index is 2.06. The van der Waals surface area contributed by atoms with Crippen molar-refractivity contribution in [3.63, 3.8) is 0 Å². The molecule has 3 aromatic rings. The highest BCUT2D eigenvalue weighted by Gasteiger charge is 2.11. The summed E-state index contributed by atoms with van der Waals surface area (Å²) in [7, 11) is 0. The van der Waals surface area contributed by atoms with Crippen molar-refractivity contribution in [1.29, 1.82) is 0 Å². The van der Waals surface area contributed by atoms with Gasteiger partial charge in [-0.3, -0.25) is 0 Å². The molecule has 0 fully saturated rings. The standard InChI is InChI=1S/C17H18ClN3/c1-2-8-21-16-7-6-13(18)11-15(16)20-17(21)10-12-4-3-5-14(19)9-12/h3-7,9,11H,2,8,10,19H2,1H3. The normalized spacial score (nSPS) is 11.1. The molecule has 0 unspecified atom stereocenters. The molecule has 4 heteroatoms. The monoisotopic (exact) mass is 299 g/mol. The fourth-order valence-corrected chi connectivity index (χ4v) is 2.81. The summed E-state index contributed by atoms with van der Waals surface area (Å²) in [6.45, 7) is 3.13. The largest absolute Gasteiger partial charge is 0.399 e. The number of benzene rings is 2. The van der Waals surface area contributed by atoms with E-state index in [2.05, 4.69) is 17.6 Å². The minimum absolute atomic E-state index is 0.721. The van der Waals surface area contributed by atoms with Crippen molar-refractivity contribution in [3.05, 3.63) is 58.9 Å². The van der Waals surface area contributed by atoms with Gasteiger partial charge in [0.15, 0.2) is 0 Å². The number of nitrogens with two attached hydrogens (primary N) is 1. The Morgan fingerprint density at radius 2 is 2.05 bits per heavy atom. The van der Waals surface area contributed by atoms with Crippen LogP contribution < -0.4 is 5.73 Å². The summed E-state index contributed by atoms with van der Waals surface area (Å²) in [5.41, 5.74) is 9.91. The number of aromatic nitrogens is 2. The Kier molecular flexibility index (Phi) is 3.84. The number of rotatable bonds is 4. The van der Waals surface area contributed by atoms with Crippen LogP contribution in [0, 0.1) is 0 Å². The van der Waals surface area contributed by atoms with Crippen molar-refractivity contribution in [3.8, 4) is 0 Å². The van der Waals surface area contributed by atoms with Crippen LogP contribution in [0.15, 0.2) is 42.5 Å². The third kappa shape index (κ3) is 2.88. The van der Waals surface area contributed by atoms with Crippen LogP contribution >= 0.6 is 11.6 Å². The van der Waals surface area contributed by atoms with Gasteiger partial charge in [0.05, 0.1) is 11.0 Å². The number of fused-ring (bicyclic) bond motifs is 1. The van der Waals surface area contributed by atoms with Gasteiger partial charge in [-0.05, 0) is 42.3 Å². The van der Waals surface area contributed by atoms with E-state index in [1.54, 1.807) is 0 Å². The van der Waals surface area contributed by atoms with Crippen LogP contribution in [0.1, 0.15) is 24.7 Å². The maximum absolute atomic E-state index is 6.07. The summed E-state index contributed by atoms with van der Waals surface area (Å²) in [5, 5.41) is 0.721. The second-order valence-corrected chi connectivity index (χ2v) is 5.67. The molecular formula is C17H18ClN3. The zero-order valence-electron chi connectivity index (χ0n) is 12.0. The molecule has 0 saturated carbocycles. The van der Waals surface area contributed by atoms with Gasteiger partial charge < -0.3 is 10.3 Å². The lowest BCUT2D eigenvalue weighted by Gasteiger charge is -2.08. The first-order valence-electron chi connectivity index (χ1n) is 7.16. The Bertz CT molecular complexity index is 777. The Morgan fingerprint density at radius 1 is 1.19 bits per heavy atom. The minimum Gasteiger partial charge on any atom is -0.399 e. The lowest BCUT2D eigenvalue weighted by Crippen LogP contribution is -2.04. The molecule has 0 radical (unpaired) electrons. The van der Waals surface area contributed by atoms with Gasteiger partial charge in [-0.25, -0.2) is 4.98 Å². The second kappa shape index (κ2) is 5.78. The third-order valence-electron chi connectivity index (χ3n) is 3.55. The Labute approximate surface area is 129 Å². The summed E-state index contributed by atoms with van der Waals surface area (Å²) in [6, 6.07) is 13.9. The molecule has 0 amide bonds. The number of hydrogen-bond donors (Lipinski definition) is 1. The molecule has 21 heavy (non-hydrogen) atoms. The van der Waals surface area contributed by atoms with Gasteiger partial charge in [-0.2, -0.15) is 0 Å². The lowest BCUT2D eigenvalue weighted by molar-refractivity contribution is 0.664. The molecule has 2 N–H and O–H groups in total. The van der Waals surface area contributed by atoms with Crippen LogP contribution in [0.3, 0.4) is 0 Å². The molecule has 2 aromatic carbocycles. The van der Waals surface area contributed by atoms with Crippen LogP contribution in [-0.4, -0.2) is 9.55 Å². The van der Waals surface area contributed by atoms with E-state index in [1.165, 1.54) is 5.56 Å². The van der Waals surface area contributed by atoms with Crippen LogP contribution in [0.2, 0.25) is 5.02 Å². The van der Waals surface area contributed by atoms with Gasteiger partial charge in [0.1, 0.15) is 5.82 Å². The van der Waals surface area contributed by atoms with E-state index in [-0.39, 0.29) is 0 Å². The summed E-state index contributed by atoms with van der Waals surface area (Å²) in [4.78, 5) is 4.75. The second-order valence-electron chi connectivity index (χ2n) is 5.23. The zero-order chi connectivity index (χ0) is 14.8. The number of hydrogen-bond acceptors (Lipinski definition) is 2. The quantitative estimate of drug-likeness (QED) is 0.731. The fraction of sp³-hybridized carbons (Fsp3) is 0.235. The Hall–Kier alpha value is -2.00. The maximum atomic E-state index is 6.07. The molecule has 0 spiro atoms. The zero-order valence-corrected chi connectivity index (χ0v) is 12.8. The molecule has 3 rings (SSSR count). The molecule has 1 heterocycles. The van der Waals surface area contributed by atoms with E-state index in [4.69, 9.17) is 22.3 Å². The first kappa shape index (κ1) is 14.0. The summed E-state index contributed by atoms with van der Waals surface area (Å²) in [6.07, 6.45) is 1.84. The molecule has 108 valence electrons. The summed E-state index contributed by atoms with van der Waals surface area (Å²) >= 11 is 6.07. The van der Waals surface area contributed by atoms with Gasteiger partial charge >= 0.3 is 0 Å². The highest BCUT2D eigenvalue weighted by atomic mass is 35.5. The van der Waals surface area contributed by atoms with Gasteiger partial charge in [0.2, 0.25) is 0 Å². The van der Waals surface area contributed by atoms with Gasteiger partial charge in [-0.1, -0.05) is 30.7 Å². The van der Waals surface area contributed by atoms with E-state index in [1.807, 2.05) is 36.4 Å². The van der Waals surface area contributed by atoms with Crippen molar-refractivity contribution in [1.82, 2.24) is 9.55 Å². The summed E-state index contributed by atoms with van der Waals surface area (Å²) in [5.74, 6) is 1.06. The maximum Gasteiger partial charge on any atom is 0.114 e. The fourth-order valence-electron chi connectivity index (χ4n) is 2.65. The first-order chi connectivity index (χ1) is 10.2. The number of halogens is 1. The molecule has 0 aliphatic carbocycles. The number of aryl methyl sites for hydroxylation is 1. The van der Waals surface area contributed by atoms with Crippen LogP contribution in [-0.2, 0) is 13.0 Å². The van der Waals surface area contributed by atoms with Crippen LogP contribution in [0.5, 0.6) is 0 Å². The molecule has 3 nitrogen and oxygen atoms in total. The van der Waals surface area contributed by atoms with E-state index in [0.717, 1.165) is 47.0 Å². The molecular weight excluding hydrogens is 282 g/mol. The number of nitrogens with zero attached hydrogens (tertiary/aromatic N) is 2. The molecule has 1 aromatic heterocycles. The third-order valence-corrected chi connectivity index (χ3v) is 3.78. The van der Waals surface area contributed by atoms with Gasteiger partial charge in [-0.15, -0.1) is 0 Å². The number of nitrogen functional groups attached to an aromatic ring is 1. The Morgan fingerprint density at radius 3 is 2.81 bits per heavy atom. The van der Waals surface area contributed by atoms with Crippen molar-refractivity contribution >= 4 is 28.3 Å². The highest BCUT2D eigenvalue weighted by molar-refractivity contribution is 6.31. The van der Waals surface area contributed by atoms with Crippen LogP contribution in [0.4, 0.5) is 5.69 Å². The molecule has 0 saturated heterocycles. The van der Waals surface area contributed by atoms with E-state index in [9.17, 15) is 0 Å². The minimum atomic E-state index is 0.721. The first-order valence-corrected chi connectivity index (χ1v) is 7.54. The SMILES string of the molecule is CCCn1c(Cc2cccc(N)c2)nc2cc(Cl)ccc21. The van der Waals surface area contributed by atoms with Crippen molar-refractivity contribution in [2.24, 2.45) is 0 Å². The van der Waals surface area contributed by atoms with Gasteiger partial charge in [0.25, 0.3) is 0 Å². The highest BCUT2D eigenvalue weighted by Crippen LogP contribution is 2.23. The molecule has 0 aliphatic heterocycles. The molecule has 0 bridgehead atoms. The number of imidazole rings is 1. The molecule has 0 atom stereocenters. The van der Waals surface area contributed by atoms with Gasteiger partial charge in [0, 0.05) is 23.7 Å². The average molecular weight is 300 g/mol. The average Bonchev–Trinajstić information content (AvgIpc) is 2.76. The topological polar surface area (TPSA) is 43.8 Å². The van der Waals surface area contributed by atoms with E-state index < -0.39 is 0 Å². The predicted octanol–water partition coefficient (Wildman–Crippen LogP) is 4.27. The number of anilines is 1. The smallest absolute Gasteiger partial charge is 0.114 e. The van der Waals surface area contributed by atoms with E-state index in [0.29, 0.717) is 0 Å².